The van der Waals surface area contributed by atoms with Crippen LogP contribution in [0.2, 0.25) is 0 Å². The Morgan fingerprint density at radius 3 is 2.71 bits per heavy atom. The fourth-order valence-corrected chi connectivity index (χ4v) is 2.65. The summed E-state index contributed by atoms with van der Waals surface area (Å²) in [5.41, 5.74) is 2.53. The van der Waals surface area contributed by atoms with Crippen LogP contribution in [0.5, 0.6) is 0 Å². The first kappa shape index (κ1) is 12.1. The first-order chi connectivity index (χ1) is 8.12. The first-order valence-electron chi connectivity index (χ1n) is 6.25. The van der Waals surface area contributed by atoms with E-state index in [1.54, 1.807) is 0 Å². The van der Waals surface area contributed by atoms with Crippen molar-refractivity contribution in [3.8, 4) is 0 Å². The Labute approximate surface area is 103 Å². The van der Waals surface area contributed by atoms with Crippen LogP contribution in [0.15, 0.2) is 48.6 Å². The van der Waals surface area contributed by atoms with Crippen LogP contribution in [-0.2, 0) is 0 Å². The van der Waals surface area contributed by atoms with E-state index < -0.39 is 5.60 Å². The van der Waals surface area contributed by atoms with Crippen molar-refractivity contribution in [1.29, 1.82) is 0 Å². The summed E-state index contributed by atoms with van der Waals surface area (Å²) in [6.45, 7) is 5.92. The molecule has 0 spiro atoms. The van der Waals surface area contributed by atoms with Gasteiger partial charge in [0.15, 0.2) is 0 Å². The van der Waals surface area contributed by atoms with Crippen LogP contribution in [0.3, 0.4) is 0 Å². The van der Waals surface area contributed by atoms with Crippen molar-refractivity contribution >= 4 is 5.57 Å². The summed E-state index contributed by atoms with van der Waals surface area (Å²) in [6.07, 6.45) is 5.79. The van der Waals surface area contributed by atoms with Gasteiger partial charge in [-0.05, 0) is 37.3 Å². The van der Waals surface area contributed by atoms with Gasteiger partial charge in [-0.15, -0.1) is 6.58 Å². The molecule has 1 N–H and O–H groups in total. The molecule has 0 aliphatic heterocycles. The smallest absolute Gasteiger partial charge is 0.0936 e. The molecule has 1 aliphatic rings. The van der Waals surface area contributed by atoms with E-state index in [1.165, 1.54) is 0 Å². The molecule has 17 heavy (non-hydrogen) atoms. The summed E-state index contributed by atoms with van der Waals surface area (Å²) in [5, 5.41) is 10.8. The largest absolute Gasteiger partial charge is 0.385 e. The third-order valence-electron chi connectivity index (χ3n) is 3.32. The zero-order chi connectivity index (χ0) is 12.3. The van der Waals surface area contributed by atoms with Crippen LogP contribution < -0.4 is 0 Å². The Morgan fingerprint density at radius 2 is 2.06 bits per heavy atom. The van der Waals surface area contributed by atoms with E-state index in [-0.39, 0.29) is 0 Å². The zero-order valence-electron chi connectivity index (χ0n) is 10.4. The number of aliphatic hydroxyl groups is 1. The van der Waals surface area contributed by atoms with Crippen molar-refractivity contribution in [3.63, 3.8) is 0 Å². The van der Waals surface area contributed by atoms with Crippen LogP contribution >= 0.6 is 0 Å². The highest BCUT2D eigenvalue weighted by Crippen LogP contribution is 2.39. The van der Waals surface area contributed by atoms with E-state index in [4.69, 9.17) is 0 Å². The maximum Gasteiger partial charge on any atom is 0.0936 e. The molecular weight excluding hydrogens is 208 g/mol. The van der Waals surface area contributed by atoms with Gasteiger partial charge in [-0.3, -0.25) is 0 Å². The SMILES string of the molecule is C=C(C)C[C@@]1(O)CCCC=C1c1ccccc1. The molecule has 0 radical (unpaired) electrons. The van der Waals surface area contributed by atoms with Crippen molar-refractivity contribution in [2.75, 3.05) is 0 Å². The molecule has 0 bridgehead atoms. The van der Waals surface area contributed by atoms with Gasteiger partial charge in [0.1, 0.15) is 0 Å². The third kappa shape index (κ3) is 2.67. The van der Waals surface area contributed by atoms with Gasteiger partial charge < -0.3 is 5.11 Å². The topological polar surface area (TPSA) is 20.2 Å². The van der Waals surface area contributed by atoms with Gasteiger partial charge in [0.25, 0.3) is 0 Å². The normalized spacial score (nSPS) is 24.2. The van der Waals surface area contributed by atoms with Gasteiger partial charge in [0.05, 0.1) is 5.60 Å². The molecule has 1 aliphatic carbocycles. The van der Waals surface area contributed by atoms with E-state index in [0.29, 0.717) is 6.42 Å². The number of hydrogen-bond donors (Lipinski definition) is 1. The minimum Gasteiger partial charge on any atom is -0.385 e. The van der Waals surface area contributed by atoms with E-state index in [0.717, 1.165) is 36.0 Å². The fraction of sp³-hybridized carbons (Fsp3) is 0.375. The Bertz CT molecular complexity index is 430. The summed E-state index contributed by atoms with van der Waals surface area (Å²) in [4.78, 5) is 0. The molecule has 1 atom stereocenters. The minimum atomic E-state index is -0.717. The highest BCUT2D eigenvalue weighted by Gasteiger charge is 2.33. The lowest BCUT2D eigenvalue weighted by Gasteiger charge is -2.34. The van der Waals surface area contributed by atoms with Crippen LogP contribution in [0.1, 0.15) is 38.2 Å². The molecule has 1 heteroatoms. The third-order valence-corrected chi connectivity index (χ3v) is 3.32. The van der Waals surface area contributed by atoms with Crippen LogP contribution in [-0.4, -0.2) is 10.7 Å². The Balaban J connectivity index is 2.36. The molecule has 0 saturated heterocycles. The zero-order valence-corrected chi connectivity index (χ0v) is 10.4. The van der Waals surface area contributed by atoms with Gasteiger partial charge in [-0.25, -0.2) is 0 Å². The van der Waals surface area contributed by atoms with Crippen LogP contribution in [0.25, 0.3) is 5.57 Å². The lowest BCUT2D eigenvalue weighted by atomic mass is 9.76. The first-order valence-corrected chi connectivity index (χ1v) is 6.25. The monoisotopic (exact) mass is 228 g/mol. The molecule has 0 heterocycles. The van der Waals surface area contributed by atoms with E-state index >= 15 is 0 Å². The lowest BCUT2D eigenvalue weighted by molar-refractivity contribution is 0.0863. The molecule has 1 aromatic carbocycles. The highest BCUT2D eigenvalue weighted by molar-refractivity contribution is 5.73. The van der Waals surface area contributed by atoms with E-state index in [1.807, 2.05) is 25.1 Å². The Hall–Kier alpha value is -1.34. The summed E-state index contributed by atoms with van der Waals surface area (Å²) < 4.78 is 0. The number of allylic oxidation sites excluding steroid dienone is 1. The molecule has 0 unspecified atom stereocenters. The molecule has 1 aromatic rings. The van der Waals surface area contributed by atoms with Crippen molar-refractivity contribution in [2.45, 2.75) is 38.2 Å². The average Bonchev–Trinajstić information content (AvgIpc) is 2.29. The minimum absolute atomic E-state index is 0.660. The number of benzene rings is 1. The van der Waals surface area contributed by atoms with Gasteiger partial charge in [-0.2, -0.15) is 0 Å². The maximum absolute atomic E-state index is 10.8. The quantitative estimate of drug-likeness (QED) is 0.777. The summed E-state index contributed by atoms with van der Waals surface area (Å²) in [7, 11) is 0. The molecule has 90 valence electrons. The molecule has 0 amide bonds. The standard InChI is InChI=1S/C16H20O/c1-13(2)12-16(17)11-7-6-10-15(16)14-8-4-3-5-9-14/h3-5,8-10,17H,1,6-7,11-12H2,2H3/t16-/m0/s1. The van der Waals surface area contributed by atoms with Crippen LogP contribution in [0.4, 0.5) is 0 Å². The second-order valence-corrected chi connectivity index (χ2v) is 5.04. The second kappa shape index (κ2) is 4.89. The Kier molecular flexibility index (Phi) is 3.49. The van der Waals surface area contributed by atoms with Crippen molar-refractivity contribution < 1.29 is 5.11 Å². The van der Waals surface area contributed by atoms with Gasteiger partial charge in [-0.1, -0.05) is 42.0 Å². The lowest BCUT2D eigenvalue weighted by Crippen LogP contribution is -2.32. The molecule has 0 saturated carbocycles. The summed E-state index contributed by atoms with van der Waals surface area (Å²) in [5.74, 6) is 0. The molecular formula is C16H20O. The predicted octanol–water partition coefficient (Wildman–Crippen LogP) is 3.95. The van der Waals surface area contributed by atoms with E-state index in [2.05, 4.69) is 24.8 Å². The van der Waals surface area contributed by atoms with Gasteiger partial charge in [0.2, 0.25) is 0 Å². The van der Waals surface area contributed by atoms with Crippen LogP contribution in [0, 0.1) is 0 Å². The van der Waals surface area contributed by atoms with Crippen molar-refractivity contribution in [3.05, 3.63) is 54.1 Å². The summed E-state index contributed by atoms with van der Waals surface area (Å²) in [6, 6.07) is 10.2. The van der Waals surface area contributed by atoms with Crippen molar-refractivity contribution in [2.24, 2.45) is 0 Å². The average molecular weight is 228 g/mol. The molecule has 1 nitrogen and oxygen atoms in total. The van der Waals surface area contributed by atoms with E-state index in [9.17, 15) is 5.11 Å². The highest BCUT2D eigenvalue weighted by atomic mass is 16.3. The second-order valence-electron chi connectivity index (χ2n) is 5.04. The summed E-state index contributed by atoms with van der Waals surface area (Å²) >= 11 is 0. The number of hydrogen-bond acceptors (Lipinski definition) is 1. The maximum atomic E-state index is 10.8. The molecule has 0 fully saturated rings. The predicted molar refractivity (Wildman–Crippen MR) is 72.7 cm³/mol. The van der Waals surface area contributed by atoms with Crippen molar-refractivity contribution in [1.82, 2.24) is 0 Å². The molecule has 2 rings (SSSR count). The number of rotatable bonds is 3. The van der Waals surface area contributed by atoms with Gasteiger partial charge >= 0.3 is 0 Å². The fourth-order valence-electron chi connectivity index (χ4n) is 2.65. The Morgan fingerprint density at radius 1 is 1.35 bits per heavy atom. The molecule has 0 aromatic heterocycles. The van der Waals surface area contributed by atoms with Gasteiger partial charge in [0, 0.05) is 6.42 Å².